The second kappa shape index (κ2) is 8.74. The maximum absolute atomic E-state index is 7.75. The van der Waals surface area contributed by atoms with Crippen LogP contribution in [-0.4, -0.2) is 25.0 Å². The average Bonchev–Trinajstić information content (AvgIpc) is 2.63. The summed E-state index contributed by atoms with van der Waals surface area (Å²) in [5.41, 5.74) is 2.53. The number of nitrogens with zero attached hydrogens (tertiary/aromatic N) is 3. The molecular weight excluding hydrogens is 326 g/mol. The molecule has 3 rings (SSSR count). The van der Waals surface area contributed by atoms with Crippen molar-refractivity contribution in [1.82, 2.24) is 9.97 Å². The number of aromatic nitrogens is 2. The minimum Gasteiger partial charge on any atom is -0.400 e. The number of rotatable bonds is 5. The summed E-state index contributed by atoms with van der Waals surface area (Å²) in [5.74, 6) is 0.791. The molecule has 0 radical (unpaired) electrons. The largest absolute Gasteiger partial charge is 0.400 e. The van der Waals surface area contributed by atoms with Gasteiger partial charge in [-0.15, -0.1) is 0 Å². The van der Waals surface area contributed by atoms with Crippen LogP contribution in [0.15, 0.2) is 60.8 Å². The van der Waals surface area contributed by atoms with Crippen LogP contribution < -0.4 is 4.90 Å². The number of anilines is 2. The van der Waals surface area contributed by atoms with E-state index in [0.29, 0.717) is 18.3 Å². The fourth-order valence-corrected chi connectivity index (χ4v) is 2.70. The number of pyridine rings is 2. The van der Waals surface area contributed by atoms with Gasteiger partial charge in [-0.3, -0.25) is 4.98 Å². The van der Waals surface area contributed by atoms with E-state index in [0.717, 1.165) is 17.0 Å². The predicted octanol–water partition coefficient (Wildman–Crippen LogP) is 5.60. The Morgan fingerprint density at radius 2 is 1.72 bits per heavy atom. The third-order valence-electron chi connectivity index (χ3n) is 3.36. The molecule has 0 saturated carbocycles. The second-order valence-corrected chi connectivity index (χ2v) is 10.8. The van der Waals surface area contributed by atoms with E-state index in [1.807, 2.05) is 61.2 Å². The summed E-state index contributed by atoms with van der Waals surface area (Å²) in [6.07, 6.45) is 1.53. The molecular formula is C20H27N3OSi. The van der Waals surface area contributed by atoms with E-state index in [1.165, 1.54) is 6.20 Å². The average molecular weight is 355 g/mol. The van der Waals surface area contributed by atoms with E-state index < -0.39 is 8.32 Å². The Morgan fingerprint density at radius 3 is 2.40 bits per heavy atom. The molecule has 1 aromatic carbocycles. The monoisotopic (exact) mass is 354 g/mol. The van der Waals surface area contributed by atoms with Gasteiger partial charge in [0, 0.05) is 11.9 Å². The highest BCUT2D eigenvalue weighted by molar-refractivity contribution is 6.69. The van der Waals surface area contributed by atoms with Crippen molar-refractivity contribution >= 4 is 30.9 Å². The molecule has 25 heavy (non-hydrogen) atoms. The Balaban J connectivity index is 0.00000117. The van der Waals surface area contributed by atoms with Gasteiger partial charge in [0.05, 0.1) is 12.4 Å². The van der Waals surface area contributed by atoms with Crippen LogP contribution in [0.2, 0.25) is 19.6 Å². The van der Waals surface area contributed by atoms with Gasteiger partial charge in [0.15, 0.2) is 8.32 Å². The van der Waals surface area contributed by atoms with E-state index in [4.69, 9.17) is 10.8 Å². The maximum Gasteiger partial charge on any atom is 0.186 e. The first-order valence-corrected chi connectivity index (χ1v) is 12.0. The van der Waals surface area contributed by atoms with Crippen molar-refractivity contribution in [3.05, 3.63) is 60.8 Å². The summed E-state index contributed by atoms with van der Waals surface area (Å²) in [5, 5.41) is 0. The van der Waals surface area contributed by atoms with Crippen LogP contribution in [0.5, 0.6) is 0 Å². The van der Waals surface area contributed by atoms with Gasteiger partial charge in [-0.05, 0) is 56.0 Å². The van der Waals surface area contributed by atoms with Gasteiger partial charge in [0.2, 0.25) is 0 Å². The Hall–Kier alpha value is -2.24. The van der Waals surface area contributed by atoms with Crippen molar-refractivity contribution in [2.45, 2.75) is 33.5 Å². The summed E-state index contributed by atoms with van der Waals surface area (Å²) in [6.45, 7) is 11.0. The predicted molar refractivity (Wildman–Crippen MR) is 109 cm³/mol. The maximum atomic E-state index is 7.75. The van der Waals surface area contributed by atoms with Crippen molar-refractivity contribution in [2.75, 3.05) is 11.6 Å². The van der Waals surface area contributed by atoms with Gasteiger partial charge in [-0.25, -0.2) is 4.98 Å². The third-order valence-corrected chi connectivity index (χ3v) is 4.35. The lowest BCUT2D eigenvalue weighted by Crippen LogP contribution is -2.32. The van der Waals surface area contributed by atoms with Gasteiger partial charge in [-0.2, -0.15) is 0 Å². The van der Waals surface area contributed by atoms with E-state index in [9.17, 15) is 0 Å². The van der Waals surface area contributed by atoms with Gasteiger partial charge < -0.3 is 9.33 Å². The van der Waals surface area contributed by atoms with Crippen molar-refractivity contribution in [1.29, 1.82) is 0 Å². The number of hydrogen-bond donors (Lipinski definition) is 0. The van der Waals surface area contributed by atoms with Crippen LogP contribution in [0.3, 0.4) is 0 Å². The molecule has 0 spiro atoms. The Kier molecular flexibility index (Phi) is 6.14. The summed E-state index contributed by atoms with van der Waals surface area (Å²) in [7, 11) is -1.66. The number of hydrogen-bond acceptors (Lipinski definition) is 4. The summed E-state index contributed by atoms with van der Waals surface area (Å²) >= 11 is 0. The van der Waals surface area contributed by atoms with E-state index in [1.54, 1.807) is 6.07 Å². The fourth-order valence-electron chi connectivity index (χ4n) is 2.18. The van der Waals surface area contributed by atoms with Crippen LogP contribution in [0.1, 0.15) is 15.2 Å². The van der Waals surface area contributed by atoms with Crippen molar-refractivity contribution in [3.63, 3.8) is 0 Å². The first-order valence-electron chi connectivity index (χ1n) is 9.12. The molecule has 132 valence electrons. The number of fused-ring (bicyclic) bond motifs is 1. The molecule has 0 amide bonds. The molecule has 4 nitrogen and oxygen atoms in total. The lowest BCUT2D eigenvalue weighted by Gasteiger charge is -2.28. The minimum absolute atomic E-state index is 0.358. The van der Waals surface area contributed by atoms with Gasteiger partial charge in [0.1, 0.15) is 12.5 Å². The third kappa shape index (κ3) is 5.37. The Morgan fingerprint density at radius 1 is 1.00 bits per heavy atom. The summed E-state index contributed by atoms with van der Waals surface area (Å²) in [6, 6.07) is 16.0. The Bertz CT molecular complexity index is 837. The first kappa shape index (κ1) is 17.6. The number of para-hydroxylation sites is 1. The van der Waals surface area contributed by atoms with Gasteiger partial charge in [-0.1, -0.05) is 32.0 Å². The highest BCUT2D eigenvalue weighted by Gasteiger charge is 2.18. The van der Waals surface area contributed by atoms with Crippen LogP contribution in [0.25, 0.3) is 11.0 Å². The van der Waals surface area contributed by atoms with Crippen LogP contribution in [0.4, 0.5) is 11.5 Å². The molecule has 0 saturated heterocycles. The number of benzene rings is 1. The smallest absolute Gasteiger partial charge is 0.186 e. The molecule has 0 aliphatic heterocycles. The van der Waals surface area contributed by atoms with Crippen molar-refractivity contribution in [2.24, 2.45) is 0 Å². The zero-order chi connectivity index (χ0) is 19.2. The molecule has 0 atom stereocenters. The molecule has 5 heteroatoms. The molecule has 0 aliphatic carbocycles. The quantitative estimate of drug-likeness (QED) is 0.441. The standard InChI is InChI=1S/C18H21N3OSi.C2H6/c1-23(2,3)22-14-21(15-8-5-4-6-9-15)18-12-11-16-17(20-18)10-7-13-19-16;1-2/h4-13H,14H2,1-3H3;1-2H3/i7D;. The molecule has 0 bridgehead atoms. The molecule has 0 aliphatic rings. The van der Waals surface area contributed by atoms with E-state index in [-0.39, 0.29) is 0 Å². The first-order chi connectivity index (χ1) is 12.4. The highest BCUT2D eigenvalue weighted by Crippen LogP contribution is 2.25. The van der Waals surface area contributed by atoms with Crippen LogP contribution in [0, 0.1) is 0 Å². The Labute approximate surface area is 153 Å². The fraction of sp³-hybridized carbons (Fsp3) is 0.300. The normalized spacial score (nSPS) is 11.5. The molecule has 0 fully saturated rings. The lowest BCUT2D eigenvalue weighted by molar-refractivity contribution is 0.320. The summed E-state index contributed by atoms with van der Waals surface area (Å²) in [4.78, 5) is 11.0. The van der Waals surface area contributed by atoms with Crippen molar-refractivity contribution in [3.8, 4) is 0 Å². The van der Waals surface area contributed by atoms with Crippen LogP contribution in [-0.2, 0) is 4.43 Å². The molecule has 2 heterocycles. The second-order valence-electron chi connectivity index (χ2n) is 6.29. The van der Waals surface area contributed by atoms with E-state index >= 15 is 0 Å². The molecule has 2 aromatic heterocycles. The molecule has 3 aromatic rings. The SMILES string of the molecule is CC.[2H]c1cnc2ccc(N(CO[Si](C)(C)C)c3ccccc3)nc2c1. The topological polar surface area (TPSA) is 38.2 Å². The molecule has 0 unspecified atom stereocenters. The minimum atomic E-state index is -1.66. The molecule has 0 N–H and O–H groups in total. The van der Waals surface area contributed by atoms with Crippen molar-refractivity contribution < 1.29 is 5.80 Å². The van der Waals surface area contributed by atoms with E-state index in [2.05, 4.69) is 24.6 Å². The summed E-state index contributed by atoms with van der Waals surface area (Å²) < 4.78 is 13.9. The highest BCUT2D eigenvalue weighted by atomic mass is 28.4. The van der Waals surface area contributed by atoms with Gasteiger partial charge >= 0.3 is 0 Å². The van der Waals surface area contributed by atoms with Crippen LogP contribution >= 0.6 is 0 Å². The zero-order valence-corrected chi connectivity index (χ0v) is 16.7. The zero-order valence-electron chi connectivity index (χ0n) is 16.7. The lowest BCUT2D eigenvalue weighted by atomic mass is 10.2. The van der Waals surface area contributed by atoms with Gasteiger partial charge in [0.25, 0.3) is 0 Å².